The fraction of sp³-hybridized carbons (Fsp3) is 0.769. The largest absolute Gasteiger partial charge is 0.381 e. The number of hydrogen-bond acceptors (Lipinski definition) is 2. The predicted octanol–water partition coefficient (Wildman–Crippen LogP) is 3.12. The van der Waals surface area contributed by atoms with Gasteiger partial charge in [-0.15, -0.1) is 0 Å². The minimum atomic E-state index is -0.208. The standard InChI is InChI=1S/C13H22O2/c1-4-13(2,3)12(14)10-11-6-5-8-15-9-7-11/h10H,4-9H2,1-3H3/b11-10-. The summed E-state index contributed by atoms with van der Waals surface area (Å²) >= 11 is 0. The predicted molar refractivity (Wildman–Crippen MR) is 61.8 cm³/mol. The Morgan fingerprint density at radius 3 is 2.80 bits per heavy atom. The lowest BCUT2D eigenvalue weighted by molar-refractivity contribution is -0.122. The van der Waals surface area contributed by atoms with Crippen molar-refractivity contribution < 1.29 is 9.53 Å². The molecule has 2 nitrogen and oxygen atoms in total. The van der Waals surface area contributed by atoms with Crippen LogP contribution in [0.4, 0.5) is 0 Å². The molecule has 0 bridgehead atoms. The Balaban J connectivity index is 2.64. The molecular formula is C13H22O2. The lowest BCUT2D eigenvalue weighted by Crippen LogP contribution is -2.21. The van der Waals surface area contributed by atoms with Crippen LogP contribution in [0.25, 0.3) is 0 Å². The number of allylic oxidation sites excluding steroid dienone is 1. The molecule has 1 aliphatic heterocycles. The van der Waals surface area contributed by atoms with Crippen LogP contribution in [-0.4, -0.2) is 19.0 Å². The van der Waals surface area contributed by atoms with Gasteiger partial charge in [0.05, 0.1) is 6.61 Å². The molecule has 1 heterocycles. The molecule has 0 unspecified atom stereocenters. The molecule has 1 rings (SSSR count). The normalized spacial score (nSPS) is 21.4. The Morgan fingerprint density at radius 2 is 2.13 bits per heavy atom. The van der Waals surface area contributed by atoms with Gasteiger partial charge in [0.2, 0.25) is 0 Å². The van der Waals surface area contributed by atoms with Crippen LogP contribution in [0.15, 0.2) is 11.6 Å². The Kier molecular flexibility index (Phi) is 4.52. The number of carbonyl (C=O) groups is 1. The third-order valence-electron chi connectivity index (χ3n) is 3.24. The van der Waals surface area contributed by atoms with E-state index in [9.17, 15) is 4.79 Å². The summed E-state index contributed by atoms with van der Waals surface area (Å²) < 4.78 is 5.37. The van der Waals surface area contributed by atoms with Crippen LogP contribution < -0.4 is 0 Å². The van der Waals surface area contributed by atoms with Gasteiger partial charge in [0.15, 0.2) is 5.78 Å². The van der Waals surface area contributed by atoms with Gasteiger partial charge < -0.3 is 4.74 Å². The van der Waals surface area contributed by atoms with Crippen molar-refractivity contribution in [1.29, 1.82) is 0 Å². The number of ketones is 1. The molecule has 1 fully saturated rings. The fourth-order valence-corrected chi connectivity index (χ4v) is 1.53. The summed E-state index contributed by atoms with van der Waals surface area (Å²) in [4.78, 5) is 12.0. The van der Waals surface area contributed by atoms with E-state index >= 15 is 0 Å². The van der Waals surface area contributed by atoms with Crippen molar-refractivity contribution in [1.82, 2.24) is 0 Å². The van der Waals surface area contributed by atoms with Crippen LogP contribution in [0.1, 0.15) is 46.5 Å². The summed E-state index contributed by atoms with van der Waals surface area (Å²) in [6, 6.07) is 0. The number of ether oxygens (including phenoxy) is 1. The Hall–Kier alpha value is -0.630. The van der Waals surface area contributed by atoms with Crippen molar-refractivity contribution in [2.45, 2.75) is 46.5 Å². The minimum Gasteiger partial charge on any atom is -0.381 e. The molecule has 0 atom stereocenters. The molecule has 0 N–H and O–H groups in total. The molecule has 0 aromatic rings. The second kappa shape index (κ2) is 5.45. The molecule has 0 saturated carbocycles. The highest BCUT2D eigenvalue weighted by molar-refractivity contribution is 5.94. The lowest BCUT2D eigenvalue weighted by Gasteiger charge is -2.19. The molecule has 86 valence electrons. The van der Waals surface area contributed by atoms with Crippen molar-refractivity contribution >= 4 is 5.78 Å². The molecule has 0 aromatic heterocycles. The zero-order chi connectivity index (χ0) is 11.3. The summed E-state index contributed by atoms with van der Waals surface area (Å²) in [5.41, 5.74) is 1.05. The summed E-state index contributed by atoms with van der Waals surface area (Å²) in [6.45, 7) is 7.69. The average molecular weight is 210 g/mol. The van der Waals surface area contributed by atoms with Crippen LogP contribution >= 0.6 is 0 Å². The molecule has 0 spiro atoms. The zero-order valence-corrected chi connectivity index (χ0v) is 10.1. The van der Waals surface area contributed by atoms with Crippen molar-refractivity contribution in [3.63, 3.8) is 0 Å². The highest BCUT2D eigenvalue weighted by Gasteiger charge is 2.23. The maximum atomic E-state index is 12.0. The quantitative estimate of drug-likeness (QED) is 0.669. The highest BCUT2D eigenvalue weighted by Crippen LogP contribution is 2.24. The van der Waals surface area contributed by atoms with Gasteiger partial charge in [0, 0.05) is 12.0 Å². The van der Waals surface area contributed by atoms with Gasteiger partial charge >= 0.3 is 0 Å². The van der Waals surface area contributed by atoms with Gasteiger partial charge in [0.1, 0.15) is 0 Å². The number of hydrogen-bond donors (Lipinski definition) is 0. The molecule has 2 heteroatoms. The van der Waals surface area contributed by atoms with Crippen molar-refractivity contribution in [3.05, 3.63) is 11.6 Å². The molecule has 0 aromatic carbocycles. The van der Waals surface area contributed by atoms with Gasteiger partial charge in [0.25, 0.3) is 0 Å². The van der Waals surface area contributed by atoms with Crippen molar-refractivity contribution in [3.8, 4) is 0 Å². The van der Waals surface area contributed by atoms with E-state index < -0.39 is 0 Å². The van der Waals surface area contributed by atoms with E-state index in [4.69, 9.17) is 4.74 Å². The third-order valence-corrected chi connectivity index (χ3v) is 3.24. The molecule has 0 amide bonds. The van der Waals surface area contributed by atoms with Gasteiger partial charge in [-0.1, -0.05) is 26.3 Å². The second-order valence-corrected chi connectivity index (χ2v) is 4.87. The van der Waals surface area contributed by atoms with E-state index in [0.717, 1.165) is 38.9 Å². The Bertz CT molecular complexity index is 241. The number of rotatable bonds is 3. The van der Waals surface area contributed by atoms with E-state index in [1.54, 1.807) is 0 Å². The molecule has 0 radical (unpaired) electrons. The van der Waals surface area contributed by atoms with E-state index in [1.165, 1.54) is 5.57 Å². The second-order valence-electron chi connectivity index (χ2n) is 4.87. The smallest absolute Gasteiger partial charge is 0.161 e. The lowest BCUT2D eigenvalue weighted by atomic mass is 9.84. The molecule has 15 heavy (non-hydrogen) atoms. The number of carbonyl (C=O) groups excluding carboxylic acids is 1. The molecule has 1 aliphatic rings. The first-order chi connectivity index (χ1) is 7.06. The van der Waals surface area contributed by atoms with Crippen LogP contribution in [0, 0.1) is 5.41 Å². The Morgan fingerprint density at radius 1 is 1.40 bits per heavy atom. The first kappa shape index (κ1) is 12.4. The topological polar surface area (TPSA) is 26.3 Å². The van der Waals surface area contributed by atoms with Crippen molar-refractivity contribution in [2.75, 3.05) is 13.2 Å². The van der Waals surface area contributed by atoms with Crippen LogP contribution in [0.5, 0.6) is 0 Å². The third kappa shape index (κ3) is 3.78. The summed E-state index contributed by atoms with van der Waals surface area (Å²) in [5, 5.41) is 0. The highest BCUT2D eigenvalue weighted by atomic mass is 16.5. The zero-order valence-electron chi connectivity index (χ0n) is 10.1. The maximum absolute atomic E-state index is 12.0. The van der Waals surface area contributed by atoms with Gasteiger partial charge in [-0.3, -0.25) is 4.79 Å². The van der Waals surface area contributed by atoms with Crippen LogP contribution in [0.3, 0.4) is 0 Å². The first-order valence-electron chi connectivity index (χ1n) is 5.88. The van der Waals surface area contributed by atoms with E-state index in [-0.39, 0.29) is 11.2 Å². The first-order valence-corrected chi connectivity index (χ1v) is 5.88. The summed E-state index contributed by atoms with van der Waals surface area (Å²) in [5.74, 6) is 0.266. The van der Waals surface area contributed by atoms with Crippen LogP contribution in [-0.2, 0) is 9.53 Å². The van der Waals surface area contributed by atoms with E-state index in [1.807, 2.05) is 19.9 Å². The molecule has 0 aliphatic carbocycles. The summed E-state index contributed by atoms with van der Waals surface area (Å²) in [6.07, 6.45) is 5.74. The van der Waals surface area contributed by atoms with Crippen LogP contribution in [0.2, 0.25) is 0 Å². The average Bonchev–Trinajstić information content (AvgIpc) is 2.46. The molecule has 1 saturated heterocycles. The van der Waals surface area contributed by atoms with Gasteiger partial charge in [-0.2, -0.15) is 0 Å². The fourth-order valence-electron chi connectivity index (χ4n) is 1.53. The monoisotopic (exact) mass is 210 g/mol. The van der Waals surface area contributed by atoms with E-state index in [2.05, 4.69) is 6.92 Å². The Labute approximate surface area is 92.7 Å². The maximum Gasteiger partial charge on any atom is 0.161 e. The molecular weight excluding hydrogens is 188 g/mol. The minimum absolute atomic E-state index is 0.208. The van der Waals surface area contributed by atoms with Crippen molar-refractivity contribution in [2.24, 2.45) is 5.41 Å². The van der Waals surface area contributed by atoms with Gasteiger partial charge in [-0.25, -0.2) is 0 Å². The van der Waals surface area contributed by atoms with Gasteiger partial charge in [-0.05, 0) is 31.8 Å². The van der Waals surface area contributed by atoms with E-state index in [0.29, 0.717) is 0 Å². The SMILES string of the molecule is CCC(C)(C)C(=O)/C=C1/CCCOCC1. The summed E-state index contributed by atoms with van der Waals surface area (Å²) in [7, 11) is 0.